The molecule has 36 heavy (non-hydrogen) atoms. The minimum atomic E-state index is -3.27. The zero-order valence-corrected chi connectivity index (χ0v) is 22.4. The second kappa shape index (κ2) is 12.0. The van der Waals surface area contributed by atoms with Crippen LogP contribution in [0.4, 0.5) is 0 Å². The highest BCUT2D eigenvalue weighted by Gasteiger charge is 2.33. The van der Waals surface area contributed by atoms with Gasteiger partial charge in [0.05, 0.1) is 12.2 Å². The largest absolute Gasteiger partial charge is 0.319 e. The molecule has 4 rings (SSSR count). The lowest BCUT2D eigenvalue weighted by molar-refractivity contribution is 0.170. The van der Waals surface area contributed by atoms with Gasteiger partial charge in [0.2, 0.25) is 0 Å². The van der Waals surface area contributed by atoms with Crippen molar-refractivity contribution in [1.82, 2.24) is 0 Å². The predicted molar refractivity (Wildman–Crippen MR) is 150 cm³/mol. The first-order valence-corrected chi connectivity index (χ1v) is 15.5. The van der Waals surface area contributed by atoms with Gasteiger partial charge in [0.25, 0.3) is 14.7 Å². The van der Waals surface area contributed by atoms with Gasteiger partial charge in [-0.25, -0.2) is 0 Å². The maximum Gasteiger partial charge on any atom is 0.261 e. The number of hydrogen-bond donors (Lipinski definition) is 0. The van der Waals surface area contributed by atoms with Crippen LogP contribution in [-0.2, 0) is 18.2 Å². The summed E-state index contributed by atoms with van der Waals surface area (Å²) >= 11 is 0. The van der Waals surface area contributed by atoms with Crippen LogP contribution in [0.1, 0.15) is 26.7 Å². The Labute approximate surface area is 214 Å². The van der Waals surface area contributed by atoms with Crippen LogP contribution < -0.4 is 21.2 Å². The van der Waals surface area contributed by atoms with Crippen LogP contribution in [0.15, 0.2) is 121 Å². The van der Waals surface area contributed by atoms with Crippen LogP contribution >= 0.6 is 14.7 Å². The van der Waals surface area contributed by atoms with Gasteiger partial charge in [-0.3, -0.25) is 9.13 Å². The number of hydrogen-bond acceptors (Lipinski definition) is 4. The van der Waals surface area contributed by atoms with E-state index in [0.717, 1.165) is 0 Å². The Balaban J connectivity index is 1.48. The van der Waals surface area contributed by atoms with Gasteiger partial charge < -0.3 is 9.05 Å². The van der Waals surface area contributed by atoms with E-state index in [1.807, 2.05) is 135 Å². The Morgan fingerprint density at radius 1 is 0.472 bits per heavy atom. The molecule has 4 aromatic rings. The summed E-state index contributed by atoms with van der Waals surface area (Å²) in [6.07, 6.45) is 0.619. The second-order valence-corrected chi connectivity index (χ2v) is 13.5. The van der Waals surface area contributed by atoms with Gasteiger partial charge in [-0.05, 0) is 75.2 Å². The van der Waals surface area contributed by atoms with Crippen molar-refractivity contribution in [2.24, 2.45) is 0 Å². The molecule has 0 aliphatic heterocycles. The summed E-state index contributed by atoms with van der Waals surface area (Å²) in [4.78, 5) is 0. The summed E-state index contributed by atoms with van der Waals surface area (Å²) in [6, 6.07) is 37.4. The van der Waals surface area contributed by atoms with Crippen molar-refractivity contribution in [2.45, 2.75) is 38.9 Å². The summed E-state index contributed by atoms with van der Waals surface area (Å²) in [5.74, 6) is 0. The highest BCUT2D eigenvalue weighted by Crippen LogP contribution is 2.48. The third kappa shape index (κ3) is 6.14. The van der Waals surface area contributed by atoms with Crippen LogP contribution in [0.3, 0.4) is 0 Å². The van der Waals surface area contributed by atoms with Crippen molar-refractivity contribution in [3.05, 3.63) is 121 Å². The molecule has 0 bridgehead atoms. The lowest BCUT2D eigenvalue weighted by Crippen LogP contribution is -2.24. The fraction of sp³-hybridized carbons (Fsp3) is 0.200. The summed E-state index contributed by atoms with van der Waals surface area (Å²) < 4.78 is 40.9. The molecule has 0 aliphatic carbocycles. The van der Waals surface area contributed by atoms with Gasteiger partial charge in [0.1, 0.15) is 0 Å². The van der Waals surface area contributed by atoms with Crippen LogP contribution in [0.5, 0.6) is 0 Å². The molecule has 0 fully saturated rings. The van der Waals surface area contributed by atoms with Crippen molar-refractivity contribution >= 4 is 36.0 Å². The fourth-order valence-corrected chi connectivity index (χ4v) is 8.69. The van der Waals surface area contributed by atoms with Crippen LogP contribution in [-0.4, -0.2) is 12.2 Å². The normalized spacial score (nSPS) is 13.7. The van der Waals surface area contributed by atoms with E-state index in [-0.39, 0.29) is 12.2 Å². The molecule has 6 heteroatoms. The van der Waals surface area contributed by atoms with E-state index in [4.69, 9.17) is 9.05 Å². The Morgan fingerprint density at radius 3 is 0.917 bits per heavy atom. The first kappa shape index (κ1) is 26.3. The highest BCUT2D eigenvalue weighted by atomic mass is 31.2. The minimum Gasteiger partial charge on any atom is -0.319 e. The molecule has 0 saturated heterocycles. The van der Waals surface area contributed by atoms with Crippen molar-refractivity contribution in [2.75, 3.05) is 0 Å². The molecule has 4 aromatic carbocycles. The van der Waals surface area contributed by atoms with E-state index >= 15 is 0 Å². The van der Waals surface area contributed by atoms with Gasteiger partial charge in [-0.2, -0.15) is 0 Å². The zero-order valence-electron chi connectivity index (χ0n) is 20.6. The van der Waals surface area contributed by atoms with Crippen molar-refractivity contribution < 1.29 is 18.2 Å². The SMILES string of the molecule is C[C@H](CC[C@@H](C)OP(=O)(c1ccccc1)c1ccccc1)OP(=O)(c1ccccc1)c1ccccc1. The van der Waals surface area contributed by atoms with Crippen molar-refractivity contribution in [3.63, 3.8) is 0 Å². The smallest absolute Gasteiger partial charge is 0.261 e. The first-order chi connectivity index (χ1) is 17.4. The van der Waals surface area contributed by atoms with Crippen LogP contribution in [0.2, 0.25) is 0 Å². The second-order valence-electron chi connectivity index (χ2n) is 8.85. The van der Waals surface area contributed by atoms with Crippen LogP contribution in [0.25, 0.3) is 0 Å². The van der Waals surface area contributed by atoms with Gasteiger partial charge in [-0.15, -0.1) is 0 Å². The molecule has 0 radical (unpaired) electrons. The fourth-order valence-electron chi connectivity index (χ4n) is 4.12. The summed E-state index contributed by atoms with van der Waals surface area (Å²) in [5, 5.41) is 2.69. The predicted octanol–water partition coefficient (Wildman–Crippen LogP) is 6.44. The van der Waals surface area contributed by atoms with E-state index in [2.05, 4.69) is 0 Å². The molecule has 186 valence electrons. The van der Waals surface area contributed by atoms with Crippen LogP contribution in [0, 0.1) is 0 Å². The molecule has 0 aliphatic rings. The quantitative estimate of drug-likeness (QED) is 0.215. The Kier molecular flexibility index (Phi) is 8.77. The van der Waals surface area contributed by atoms with Gasteiger partial charge in [-0.1, -0.05) is 72.8 Å². The first-order valence-electron chi connectivity index (χ1n) is 12.2. The molecular formula is C30H32O4P2. The lowest BCUT2D eigenvalue weighted by Gasteiger charge is -2.26. The van der Waals surface area contributed by atoms with E-state index in [9.17, 15) is 9.13 Å². The van der Waals surface area contributed by atoms with Crippen molar-refractivity contribution in [3.8, 4) is 0 Å². The molecule has 0 spiro atoms. The van der Waals surface area contributed by atoms with E-state index < -0.39 is 14.7 Å². The minimum absolute atomic E-state index is 0.296. The molecule has 0 heterocycles. The van der Waals surface area contributed by atoms with Gasteiger partial charge in [0.15, 0.2) is 0 Å². The van der Waals surface area contributed by atoms with Gasteiger partial charge in [0, 0.05) is 21.2 Å². The highest BCUT2D eigenvalue weighted by molar-refractivity contribution is 7.74. The number of rotatable bonds is 11. The third-order valence-electron chi connectivity index (χ3n) is 6.02. The van der Waals surface area contributed by atoms with E-state index in [1.165, 1.54) is 0 Å². The third-order valence-corrected chi connectivity index (χ3v) is 11.2. The Hall–Kier alpha value is -2.74. The molecule has 2 atom stereocenters. The number of benzene rings is 4. The maximum atomic E-state index is 14.2. The van der Waals surface area contributed by atoms with Crippen molar-refractivity contribution in [1.29, 1.82) is 0 Å². The molecule has 0 saturated carbocycles. The zero-order chi connectivity index (χ0) is 25.4. The average Bonchev–Trinajstić information content (AvgIpc) is 2.94. The molecule has 4 nitrogen and oxygen atoms in total. The maximum absolute atomic E-state index is 14.2. The van der Waals surface area contributed by atoms with E-state index in [0.29, 0.717) is 34.1 Å². The Morgan fingerprint density at radius 2 is 0.694 bits per heavy atom. The molecule has 0 N–H and O–H groups in total. The summed E-state index contributed by atoms with van der Waals surface area (Å²) in [5.41, 5.74) is 0. The molecule has 0 unspecified atom stereocenters. The van der Waals surface area contributed by atoms with E-state index in [1.54, 1.807) is 0 Å². The summed E-state index contributed by atoms with van der Waals surface area (Å²) in [7, 11) is -6.54. The molecule has 0 aromatic heterocycles. The average molecular weight is 519 g/mol. The lowest BCUT2D eigenvalue weighted by atomic mass is 10.1. The Bertz CT molecular complexity index is 1120. The van der Waals surface area contributed by atoms with Gasteiger partial charge >= 0.3 is 0 Å². The molecular weight excluding hydrogens is 486 g/mol. The monoisotopic (exact) mass is 518 g/mol. The molecule has 0 amide bonds. The topological polar surface area (TPSA) is 52.6 Å². The standard InChI is InChI=1S/C30H32O4P2/c1-25(33-35(31,27-15-7-3-8-16-27)28-17-9-4-10-18-28)23-24-26(2)34-36(32,29-19-11-5-12-20-29)30-21-13-6-14-22-30/h3-22,25-26H,23-24H2,1-2H3/t25-,26-/m1/s1. The summed E-state index contributed by atoms with van der Waals surface area (Å²) in [6.45, 7) is 3.86.